The number of halogens is 2. The summed E-state index contributed by atoms with van der Waals surface area (Å²) in [6.45, 7) is 1.51. The number of carbonyl (C=O) groups excluding carboxylic acids is 1. The summed E-state index contributed by atoms with van der Waals surface area (Å²) in [4.78, 5) is 22.3. The van der Waals surface area contributed by atoms with Crippen molar-refractivity contribution in [3.8, 4) is 11.5 Å². The van der Waals surface area contributed by atoms with E-state index < -0.39 is 5.82 Å². The van der Waals surface area contributed by atoms with Crippen LogP contribution in [0.25, 0.3) is 10.9 Å². The molecule has 1 aliphatic carbocycles. The van der Waals surface area contributed by atoms with Gasteiger partial charge in [-0.3, -0.25) is 9.69 Å². The first-order valence-electron chi connectivity index (χ1n) is 11.7. The van der Waals surface area contributed by atoms with Crippen molar-refractivity contribution in [3.63, 3.8) is 0 Å². The van der Waals surface area contributed by atoms with E-state index in [4.69, 9.17) is 26.8 Å². The number of fused-ring (bicyclic) bond motifs is 1. The Kier molecular flexibility index (Phi) is 6.62. The van der Waals surface area contributed by atoms with E-state index >= 15 is 0 Å². The van der Waals surface area contributed by atoms with Crippen LogP contribution in [0.3, 0.4) is 0 Å². The number of methoxy groups -OCH3 is 1. The minimum absolute atomic E-state index is 0.0174. The molecule has 2 fully saturated rings. The number of nitrogens with one attached hydrogen (secondary N) is 1. The zero-order valence-corrected chi connectivity index (χ0v) is 20.1. The third-order valence-electron chi connectivity index (χ3n) is 6.89. The van der Waals surface area contributed by atoms with E-state index in [1.54, 1.807) is 25.3 Å². The van der Waals surface area contributed by atoms with Crippen molar-refractivity contribution in [1.29, 1.82) is 0 Å². The highest BCUT2D eigenvalue weighted by Gasteiger charge is 2.37. The van der Waals surface area contributed by atoms with Crippen molar-refractivity contribution in [1.82, 2.24) is 14.9 Å². The smallest absolute Gasteiger partial charge is 0.223 e. The van der Waals surface area contributed by atoms with E-state index in [0.29, 0.717) is 34.3 Å². The van der Waals surface area contributed by atoms with Crippen LogP contribution in [0.1, 0.15) is 25.7 Å². The van der Waals surface area contributed by atoms with E-state index in [9.17, 15) is 9.18 Å². The van der Waals surface area contributed by atoms with Crippen LogP contribution < -0.4 is 20.5 Å². The van der Waals surface area contributed by atoms with E-state index in [-0.39, 0.29) is 28.6 Å². The van der Waals surface area contributed by atoms with Crippen LogP contribution in [0.4, 0.5) is 15.9 Å². The molecule has 1 saturated carbocycles. The Bertz CT molecular complexity index is 1250. The number of rotatable bonds is 7. The molecule has 1 aliphatic heterocycles. The number of likely N-dealkylation sites (tertiary alicyclic amines) is 1. The number of primary amides is 1. The van der Waals surface area contributed by atoms with Crippen LogP contribution in [-0.4, -0.2) is 53.1 Å². The van der Waals surface area contributed by atoms with Gasteiger partial charge in [0.15, 0.2) is 17.3 Å². The zero-order chi connectivity index (χ0) is 24.5. The number of ether oxygens (including phenoxy) is 2. The molecule has 3 N–H and O–H groups in total. The molecule has 5 rings (SSSR count). The Labute approximate surface area is 207 Å². The van der Waals surface area contributed by atoms with Crippen molar-refractivity contribution < 1.29 is 18.7 Å². The second-order valence-electron chi connectivity index (χ2n) is 9.07. The molecule has 1 saturated heterocycles. The Morgan fingerprint density at radius 2 is 1.94 bits per heavy atom. The predicted molar refractivity (Wildman–Crippen MR) is 132 cm³/mol. The molecule has 2 aliphatic rings. The lowest BCUT2D eigenvalue weighted by molar-refractivity contribution is -0.128. The molecule has 2 heterocycles. The first-order chi connectivity index (χ1) is 16.9. The number of nitrogens with two attached hydrogens (primary N) is 1. The first-order valence-corrected chi connectivity index (χ1v) is 12.0. The number of anilines is 2. The fourth-order valence-electron chi connectivity index (χ4n) is 4.84. The van der Waals surface area contributed by atoms with Gasteiger partial charge in [-0.25, -0.2) is 14.4 Å². The summed E-state index contributed by atoms with van der Waals surface area (Å²) in [6.07, 6.45) is 5.23. The molecule has 0 bridgehead atoms. The molecule has 0 radical (unpaired) electrons. The van der Waals surface area contributed by atoms with E-state index in [1.807, 2.05) is 6.07 Å². The minimum Gasteiger partial charge on any atom is -0.493 e. The Morgan fingerprint density at radius 3 is 2.66 bits per heavy atom. The topological polar surface area (TPSA) is 103 Å². The Morgan fingerprint density at radius 1 is 1.17 bits per heavy atom. The molecule has 3 aromatic rings. The molecule has 1 aromatic heterocycles. The molecule has 1 amide bonds. The number of benzene rings is 2. The van der Waals surface area contributed by atoms with Crippen LogP contribution in [0, 0.1) is 11.7 Å². The van der Waals surface area contributed by atoms with Crippen molar-refractivity contribution >= 4 is 39.9 Å². The summed E-state index contributed by atoms with van der Waals surface area (Å²) in [5.74, 6) is 0.825. The van der Waals surface area contributed by atoms with Gasteiger partial charge in [-0.1, -0.05) is 17.7 Å². The number of carbonyl (C=O) groups is 1. The lowest BCUT2D eigenvalue weighted by atomic mass is 9.87. The highest BCUT2D eigenvalue weighted by molar-refractivity contribution is 6.31. The summed E-state index contributed by atoms with van der Waals surface area (Å²) in [7, 11) is 1.59. The number of amides is 1. The number of aromatic nitrogens is 2. The maximum absolute atomic E-state index is 14.5. The van der Waals surface area contributed by atoms with E-state index in [1.165, 1.54) is 12.4 Å². The van der Waals surface area contributed by atoms with Crippen molar-refractivity contribution in [2.24, 2.45) is 11.7 Å². The van der Waals surface area contributed by atoms with E-state index in [0.717, 1.165) is 38.8 Å². The minimum atomic E-state index is -0.549. The average Bonchev–Trinajstić information content (AvgIpc) is 2.82. The molecule has 10 heteroatoms. The highest BCUT2D eigenvalue weighted by atomic mass is 35.5. The second kappa shape index (κ2) is 9.83. The molecule has 35 heavy (non-hydrogen) atoms. The van der Waals surface area contributed by atoms with Gasteiger partial charge in [0.25, 0.3) is 0 Å². The van der Waals surface area contributed by atoms with Gasteiger partial charge in [0.05, 0.1) is 35.4 Å². The standard InChI is InChI=1S/C25H27ClFN5O3/c1-34-21-10-20-17(25(30-13-29-20)31-19-4-2-3-18(26)23(19)27)9-22(21)35-16-7-5-15(6-8-16)32-11-14(12-32)24(28)33/h2-4,9-10,13-16H,5-8,11-12H2,1H3,(H2,28,33)(H,29,30,31)/t15-,16+. The highest BCUT2D eigenvalue weighted by Crippen LogP contribution is 2.38. The summed E-state index contributed by atoms with van der Waals surface area (Å²) in [5, 5.41) is 3.72. The molecule has 0 spiro atoms. The lowest BCUT2D eigenvalue weighted by Crippen LogP contribution is -2.57. The Balaban J connectivity index is 1.32. The van der Waals surface area contributed by atoms with Gasteiger partial charge in [-0.15, -0.1) is 0 Å². The van der Waals surface area contributed by atoms with E-state index in [2.05, 4.69) is 20.2 Å². The normalized spacial score (nSPS) is 20.9. The first kappa shape index (κ1) is 23.6. The quantitative estimate of drug-likeness (QED) is 0.500. The molecule has 0 atom stereocenters. The zero-order valence-electron chi connectivity index (χ0n) is 19.3. The summed E-state index contributed by atoms with van der Waals surface area (Å²) in [6, 6.07) is 8.83. The molecular weight excluding hydrogens is 473 g/mol. The fraction of sp³-hybridized carbons (Fsp3) is 0.400. The molecule has 2 aromatic carbocycles. The third-order valence-corrected chi connectivity index (χ3v) is 7.18. The second-order valence-corrected chi connectivity index (χ2v) is 9.48. The van der Waals surface area contributed by atoms with Crippen molar-refractivity contribution in [3.05, 3.63) is 47.5 Å². The average molecular weight is 500 g/mol. The molecule has 0 unspecified atom stereocenters. The van der Waals surface area contributed by atoms with Gasteiger partial charge in [0, 0.05) is 30.6 Å². The fourth-order valence-corrected chi connectivity index (χ4v) is 5.02. The van der Waals surface area contributed by atoms with Crippen LogP contribution >= 0.6 is 11.6 Å². The van der Waals surface area contributed by atoms with Gasteiger partial charge in [0.1, 0.15) is 12.1 Å². The van der Waals surface area contributed by atoms with Gasteiger partial charge in [-0.05, 0) is 43.9 Å². The summed E-state index contributed by atoms with van der Waals surface area (Å²) < 4.78 is 26.4. The van der Waals surface area contributed by atoms with Crippen LogP contribution in [0.2, 0.25) is 5.02 Å². The largest absolute Gasteiger partial charge is 0.493 e. The van der Waals surface area contributed by atoms with Crippen molar-refractivity contribution in [2.75, 3.05) is 25.5 Å². The Hall–Kier alpha value is -3.17. The maximum Gasteiger partial charge on any atom is 0.223 e. The third kappa shape index (κ3) is 4.83. The van der Waals surface area contributed by atoms with Crippen molar-refractivity contribution in [2.45, 2.75) is 37.8 Å². The number of hydrogen-bond donors (Lipinski definition) is 2. The summed E-state index contributed by atoms with van der Waals surface area (Å²) >= 11 is 5.93. The van der Waals surface area contributed by atoms with Crippen LogP contribution in [0.5, 0.6) is 11.5 Å². The van der Waals surface area contributed by atoms with Gasteiger partial charge in [0.2, 0.25) is 5.91 Å². The van der Waals surface area contributed by atoms with Crippen LogP contribution in [-0.2, 0) is 4.79 Å². The van der Waals surface area contributed by atoms with Gasteiger partial charge in [-0.2, -0.15) is 0 Å². The summed E-state index contributed by atoms with van der Waals surface area (Å²) in [5.41, 5.74) is 6.26. The predicted octanol–water partition coefficient (Wildman–Crippen LogP) is 4.28. The van der Waals surface area contributed by atoms with Gasteiger partial charge < -0.3 is 20.5 Å². The molecule has 8 nitrogen and oxygen atoms in total. The SMILES string of the molecule is COc1cc2ncnc(Nc3cccc(Cl)c3F)c2cc1O[C@H]1CC[C@@H](N2CC(C(N)=O)C2)CC1. The number of hydrogen-bond acceptors (Lipinski definition) is 7. The lowest BCUT2D eigenvalue weighted by Gasteiger charge is -2.45. The molecule has 184 valence electrons. The molecular formula is C25H27ClFN5O3. The maximum atomic E-state index is 14.5. The monoisotopic (exact) mass is 499 g/mol. The number of nitrogens with zero attached hydrogens (tertiary/aromatic N) is 3. The van der Waals surface area contributed by atoms with Crippen LogP contribution in [0.15, 0.2) is 36.7 Å². The van der Waals surface area contributed by atoms with Gasteiger partial charge >= 0.3 is 0 Å².